The summed E-state index contributed by atoms with van der Waals surface area (Å²) < 4.78 is 0. The van der Waals surface area contributed by atoms with Gasteiger partial charge in [0, 0.05) is 25.2 Å². The third-order valence-corrected chi connectivity index (χ3v) is 2.32. The molecule has 3 nitrogen and oxygen atoms in total. The second-order valence-electron chi connectivity index (χ2n) is 4.63. The van der Waals surface area contributed by atoms with Gasteiger partial charge in [-0.3, -0.25) is 0 Å². The number of rotatable bonds is 9. The predicted octanol–water partition coefficient (Wildman–Crippen LogP) is 1.38. The Balaban J connectivity index is 3.69. The van der Waals surface area contributed by atoms with E-state index in [0.717, 1.165) is 26.1 Å². The molecule has 2 unspecified atom stereocenters. The summed E-state index contributed by atoms with van der Waals surface area (Å²) in [5.41, 5.74) is 11.6. The fraction of sp³-hybridized carbons (Fsp3) is 0.917. The van der Waals surface area contributed by atoms with E-state index < -0.39 is 0 Å². The lowest BCUT2D eigenvalue weighted by atomic mass is 10.2. The summed E-state index contributed by atoms with van der Waals surface area (Å²) in [7, 11) is 0. The van der Waals surface area contributed by atoms with Gasteiger partial charge in [-0.1, -0.05) is 26.2 Å². The number of nitrogens with zero attached hydrogens (tertiary/aromatic N) is 1. The zero-order chi connectivity index (χ0) is 11.7. The molecule has 0 aromatic heterocycles. The Kier molecular flexibility index (Phi) is 9.06. The van der Waals surface area contributed by atoms with Crippen molar-refractivity contribution in [1.29, 1.82) is 0 Å². The minimum atomic E-state index is 0.233. The molecule has 0 saturated carbocycles. The fourth-order valence-corrected chi connectivity index (χ4v) is 1.76. The Hall–Kier alpha value is -0.120. The van der Waals surface area contributed by atoms with Crippen LogP contribution in [0.3, 0.4) is 0 Å². The van der Waals surface area contributed by atoms with Gasteiger partial charge in [-0.05, 0) is 26.8 Å². The fourth-order valence-electron chi connectivity index (χ4n) is 1.76. The minimum absolute atomic E-state index is 0.233. The van der Waals surface area contributed by atoms with E-state index in [1.165, 1.54) is 19.3 Å². The Morgan fingerprint density at radius 1 is 1.00 bits per heavy atom. The van der Waals surface area contributed by atoms with Crippen LogP contribution < -0.4 is 11.5 Å². The van der Waals surface area contributed by atoms with Crippen molar-refractivity contribution in [3.8, 4) is 0 Å². The molecule has 4 N–H and O–H groups in total. The molecule has 0 spiro atoms. The Labute approximate surface area is 95.2 Å². The summed E-state index contributed by atoms with van der Waals surface area (Å²) in [6.07, 6.45) is 4.76. The summed E-state index contributed by atoms with van der Waals surface area (Å²) in [5, 5.41) is 0. The topological polar surface area (TPSA) is 55.3 Å². The molecular weight excluding hydrogens is 186 g/mol. The van der Waals surface area contributed by atoms with Crippen molar-refractivity contribution in [2.45, 2.75) is 51.6 Å². The maximum Gasteiger partial charge on any atom is 0.0139 e. The summed E-state index contributed by atoms with van der Waals surface area (Å²) in [5.74, 6) is 0. The first-order valence-electron chi connectivity index (χ1n) is 6.09. The van der Waals surface area contributed by atoms with Crippen molar-refractivity contribution in [1.82, 2.24) is 4.90 Å². The maximum absolute atomic E-state index is 5.81. The van der Waals surface area contributed by atoms with Gasteiger partial charge in [-0.2, -0.15) is 0 Å². The van der Waals surface area contributed by atoms with Crippen LogP contribution >= 0.6 is 0 Å². The van der Waals surface area contributed by atoms with Crippen LogP contribution in [-0.4, -0.2) is 36.6 Å². The molecule has 0 heterocycles. The van der Waals surface area contributed by atoms with Crippen LogP contribution in [-0.2, 0) is 0 Å². The molecule has 0 aromatic carbocycles. The third-order valence-electron chi connectivity index (χ3n) is 2.32. The molecule has 0 amide bonds. The Bertz CT molecular complexity index is 125. The second kappa shape index (κ2) is 9.13. The zero-order valence-electron chi connectivity index (χ0n) is 10.4. The number of unbranched alkanes of at least 4 members (excludes halogenated alkanes) is 3. The van der Waals surface area contributed by atoms with E-state index in [1.54, 1.807) is 0 Å². The maximum atomic E-state index is 5.81. The Morgan fingerprint density at radius 2 is 1.53 bits per heavy atom. The van der Waals surface area contributed by atoms with E-state index in [0.29, 0.717) is 0 Å². The first-order chi connectivity index (χ1) is 7.06. The average Bonchev–Trinajstić information content (AvgIpc) is 2.10. The van der Waals surface area contributed by atoms with Crippen molar-refractivity contribution < 1.29 is 0 Å². The van der Waals surface area contributed by atoms with Crippen molar-refractivity contribution >= 4 is 0 Å². The molecule has 0 fully saturated rings. The highest BCUT2D eigenvalue weighted by Crippen LogP contribution is 2.02. The van der Waals surface area contributed by atoms with Gasteiger partial charge >= 0.3 is 0 Å². The standard InChI is InChI=1S/C12H28N3/c1-4-5-6-7-8-15(9-11(2)13)10-12(3)14/h11-12H,1,4-10,13-14H2,2-3H3. The second-order valence-corrected chi connectivity index (χ2v) is 4.63. The van der Waals surface area contributed by atoms with Crippen molar-refractivity contribution in [3.05, 3.63) is 6.92 Å². The van der Waals surface area contributed by atoms with E-state index >= 15 is 0 Å². The molecule has 0 aromatic rings. The molecule has 0 aliphatic heterocycles. The molecule has 0 aliphatic carbocycles. The van der Waals surface area contributed by atoms with Gasteiger partial charge in [-0.15, -0.1) is 0 Å². The van der Waals surface area contributed by atoms with Gasteiger partial charge in [0.25, 0.3) is 0 Å². The SMILES string of the molecule is [CH2]CCCCCN(CC(C)N)CC(C)N. The monoisotopic (exact) mass is 214 g/mol. The lowest BCUT2D eigenvalue weighted by Gasteiger charge is -2.25. The normalized spacial score (nSPS) is 15.6. The van der Waals surface area contributed by atoms with Crippen LogP contribution in [0.25, 0.3) is 0 Å². The number of nitrogens with two attached hydrogens (primary N) is 2. The highest BCUT2D eigenvalue weighted by atomic mass is 15.1. The van der Waals surface area contributed by atoms with Gasteiger partial charge in [-0.25, -0.2) is 0 Å². The third kappa shape index (κ3) is 10.2. The highest BCUT2D eigenvalue weighted by molar-refractivity contribution is 4.68. The largest absolute Gasteiger partial charge is 0.327 e. The van der Waals surface area contributed by atoms with Crippen LogP contribution in [0.2, 0.25) is 0 Å². The van der Waals surface area contributed by atoms with Crippen molar-refractivity contribution in [2.75, 3.05) is 19.6 Å². The van der Waals surface area contributed by atoms with Crippen molar-refractivity contribution in [3.63, 3.8) is 0 Å². The van der Waals surface area contributed by atoms with Gasteiger partial charge < -0.3 is 16.4 Å². The van der Waals surface area contributed by atoms with E-state index in [9.17, 15) is 0 Å². The summed E-state index contributed by atoms with van der Waals surface area (Å²) >= 11 is 0. The molecule has 1 radical (unpaired) electrons. The molecule has 0 bridgehead atoms. The quantitative estimate of drug-likeness (QED) is 0.570. The van der Waals surface area contributed by atoms with E-state index in [2.05, 4.69) is 11.8 Å². The predicted molar refractivity (Wildman–Crippen MR) is 67.6 cm³/mol. The first-order valence-corrected chi connectivity index (χ1v) is 6.09. The minimum Gasteiger partial charge on any atom is -0.327 e. The first kappa shape index (κ1) is 14.9. The molecule has 15 heavy (non-hydrogen) atoms. The van der Waals surface area contributed by atoms with Crippen LogP contribution in [0.15, 0.2) is 0 Å². The van der Waals surface area contributed by atoms with Gasteiger partial charge in [0.1, 0.15) is 0 Å². The van der Waals surface area contributed by atoms with E-state index in [1.807, 2.05) is 13.8 Å². The van der Waals surface area contributed by atoms with Gasteiger partial charge in [0.2, 0.25) is 0 Å². The summed E-state index contributed by atoms with van der Waals surface area (Å²) in [6.45, 7) is 11.0. The van der Waals surface area contributed by atoms with E-state index in [4.69, 9.17) is 11.5 Å². The number of hydrogen-bond donors (Lipinski definition) is 2. The highest BCUT2D eigenvalue weighted by Gasteiger charge is 2.08. The molecule has 2 atom stereocenters. The molecule has 91 valence electrons. The van der Waals surface area contributed by atoms with Crippen LogP contribution in [0.5, 0.6) is 0 Å². The van der Waals surface area contributed by atoms with Crippen LogP contribution in [0.1, 0.15) is 39.5 Å². The summed E-state index contributed by atoms with van der Waals surface area (Å²) in [6, 6.07) is 0.466. The molecular formula is C12H28N3. The Morgan fingerprint density at radius 3 is 1.93 bits per heavy atom. The van der Waals surface area contributed by atoms with Gasteiger partial charge in [0.05, 0.1) is 0 Å². The zero-order valence-corrected chi connectivity index (χ0v) is 10.4. The van der Waals surface area contributed by atoms with Crippen LogP contribution in [0, 0.1) is 6.92 Å². The van der Waals surface area contributed by atoms with Crippen molar-refractivity contribution in [2.24, 2.45) is 11.5 Å². The molecule has 0 aliphatic rings. The molecule has 0 rings (SSSR count). The lowest BCUT2D eigenvalue weighted by Crippen LogP contribution is -2.42. The van der Waals surface area contributed by atoms with Gasteiger partial charge in [0.15, 0.2) is 0 Å². The average molecular weight is 214 g/mol. The molecule has 0 saturated heterocycles. The number of hydrogen-bond acceptors (Lipinski definition) is 3. The smallest absolute Gasteiger partial charge is 0.0139 e. The lowest BCUT2D eigenvalue weighted by molar-refractivity contribution is 0.244. The molecule has 3 heteroatoms. The van der Waals surface area contributed by atoms with Crippen LogP contribution in [0.4, 0.5) is 0 Å². The van der Waals surface area contributed by atoms with E-state index in [-0.39, 0.29) is 12.1 Å². The summed E-state index contributed by atoms with van der Waals surface area (Å²) in [4.78, 5) is 2.37.